The molecule has 1 amide bonds. The minimum Gasteiger partial charge on any atom is -0.397 e. The van der Waals surface area contributed by atoms with Crippen LogP contribution in [0.25, 0.3) is 0 Å². The molecule has 1 aromatic heterocycles. The number of hydrogen-bond acceptors (Lipinski definition) is 4. The molecule has 0 saturated carbocycles. The molecule has 2 aromatic rings. The second kappa shape index (κ2) is 6.43. The van der Waals surface area contributed by atoms with Gasteiger partial charge in [0.15, 0.2) is 0 Å². The van der Waals surface area contributed by atoms with Crippen molar-refractivity contribution in [3.63, 3.8) is 0 Å². The third-order valence-electron chi connectivity index (χ3n) is 2.67. The fraction of sp³-hybridized carbons (Fsp3) is 0.231. The molecular formula is C13H13Cl2N3OS. The number of nitrogens with two attached hydrogens (primary N) is 1. The van der Waals surface area contributed by atoms with E-state index in [-0.39, 0.29) is 21.6 Å². The second-order valence-corrected chi connectivity index (χ2v) is 6.10. The van der Waals surface area contributed by atoms with Crippen LogP contribution in [0.3, 0.4) is 0 Å². The second-order valence-electron chi connectivity index (χ2n) is 4.12. The fourth-order valence-electron chi connectivity index (χ4n) is 1.59. The summed E-state index contributed by atoms with van der Waals surface area (Å²) in [6, 6.07) is 3.00. The highest BCUT2D eigenvalue weighted by molar-refractivity contribution is 7.11. The largest absolute Gasteiger partial charge is 0.397 e. The lowest BCUT2D eigenvalue weighted by molar-refractivity contribution is 0.0951. The van der Waals surface area contributed by atoms with Gasteiger partial charge in [0.2, 0.25) is 0 Å². The number of benzene rings is 1. The lowest BCUT2D eigenvalue weighted by Gasteiger charge is -2.06. The number of rotatable bonds is 4. The molecule has 0 aliphatic heterocycles. The van der Waals surface area contributed by atoms with Crippen molar-refractivity contribution in [3.05, 3.63) is 43.8 Å². The van der Waals surface area contributed by atoms with Gasteiger partial charge in [-0.15, -0.1) is 11.3 Å². The molecule has 0 radical (unpaired) electrons. The molecule has 106 valence electrons. The number of amides is 1. The molecule has 0 aliphatic carbocycles. The summed E-state index contributed by atoms with van der Waals surface area (Å²) in [6.45, 7) is 2.44. The minimum atomic E-state index is -0.261. The number of nitrogens with one attached hydrogen (secondary N) is 1. The van der Waals surface area contributed by atoms with Gasteiger partial charge in [-0.05, 0) is 18.6 Å². The quantitative estimate of drug-likeness (QED) is 0.843. The number of nitrogens with zero attached hydrogens (tertiary/aromatic N) is 1. The summed E-state index contributed by atoms with van der Waals surface area (Å²) in [5.41, 5.74) is 6.34. The van der Waals surface area contributed by atoms with Crippen molar-refractivity contribution in [2.45, 2.75) is 19.9 Å². The Morgan fingerprint density at radius 3 is 2.80 bits per heavy atom. The van der Waals surface area contributed by atoms with Crippen LogP contribution < -0.4 is 11.1 Å². The van der Waals surface area contributed by atoms with Crippen LogP contribution in [-0.2, 0) is 13.0 Å². The van der Waals surface area contributed by atoms with E-state index in [0.29, 0.717) is 12.1 Å². The summed E-state index contributed by atoms with van der Waals surface area (Å²) in [6.07, 6.45) is 2.76. The smallest absolute Gasteiger partial charge is 0.251 e. The van der Waals surface area contributed by atoms with Gasteiger partial charge in [0, 0.05) is 16.6 Å². The van der Waals surface area contributed by atoms with Crippen molar-refractivity contribution in [1.29, 1.82) is 0 Å². The first-order valence-electron chi connectivity index (χ1n) is 5.97. The van der Waals surface area contributed by atoms with Crippen molar-refractivity contribution in [1.82, 2.24) is 10.3 Å². The van der Waals surface area contributed by atoms with Crippen LogP contribution in [0.1, 0.15) is 27.2 Å². The molecule has 0 bridgehead atoms. The first kappa shape index (κ1) is 15.1. The Labute approximate surface area is 130 Å². The summed E-state index contributed by atoms with van der Waals surface area (Å²) in [7, 11) is 0. The Balaban J connectivity index is 2.05. The van der Waals surface area contributed by atoms with Gasteiger partial charge in [0.25, 0.3) is 5.91 Å². The van der Waals surface area contributed by atoms with Crippen LogP contribution in [0, 0.1) is 0 Å². The zero-order valence-electron chi connectivity index (χ0n) is 10.7. The summed E-state index contributed by atoms with van der Waals surface area (Å²) >= 11 is 13.3. The molecule has 4 nitrogen and oxygen atoms in total. The van der Waals surface area contributed by atoms with Gasteiger partial charge < -0.3 is 11.1 Å². The van der Waals surface area contributed by atoms with Gasteiger partial charge in [0.1, 0.15) is 5.01 Å². The topological polar surface area (TPSA) is 68.0 Å². The Kier molecular flexibility index (Phi) is 4.86. The Morgan fingerprint density at radius 1 is 1.45 bits per heavy atom. The number of anilines is 1. The van der Waals surface area contributed by atoms with Crippen molar-refractivity contribution in [2.75, 3.05) is 5.73 Å². The molecule has 0 spiro atoms. The molecule has 0 atom stereocenters. The van der Waals surface area contributed by atoms with E-state index in [1.165, 1.54) is 17.0 Å². The summed E-state index contributed by atoms with van der Waals surface area (Å²) in [5.74, 6) is -0.261. The van der Waals surface area contributed by atoms with Gasteiger partial charge in [-0.2, -0.15) is 0 Å². The maximum absolute atomic E-state index is 12.0. The SMILES string of the molecule is CCc1cnc(CNC(=O)c2cc(N)c(Cl)c(Cl)c2)s1. The van der Waals surface area contributed by atoms with Crippen LogP contribution in [0.2, 0.25) is 10.0 Å². The van der Waals surface area contributed by atoms with E-state index in [1.54, 1.807) is 11.3 Å². The minimum absolute atomic E-state index is 0.260. The molecule has 3 N–H and O–H groups in total. The van der Waals surface area contributed by atoms with Crippen LogP contribution in [0.4, 0.5) is 5.69 Å². The number of carbonyl (C=O) groups excluding carboxylic acids is 1. The van der Waals surface area contributed by atoms with E-state index >= 15 is 0 Å². The van der Waals surface area contributed by atoms with Gasteiger partial charge in [0.05, 0.1) is 22.3 Å². The molecular weight excluding hydrogens is 317 g/mol. The Morgan fingerprint density at radius 2 is 2.20 bits per heavy atom. The fourth-order valence-corrected chi connectivity index (χ4v) is 2.73. The molecule has 20 heavy (non-hydrogen) atoms. The number of nitrogen functional groups attached to an aromatic ring is 1. The zero-order chi connectivity index (χ0) is 14.7. The number of carbonyl (C=O) groups is 1. The molecule has 1 heterocycles. The molecule has 0 aliphatic rings. The van der Waals surface area contributed by atoms with Crippen molar-refractivity contribution < 1.29 is 4.79 Å². The summed E-state index contributed by atoms with van der Waals surface area (Å²) < 4.78 is 0. The van der Waals surface area contributed by atoms with Gasteiger partial charge in [-0.25, -0.2) is 4.98 Å². The maximum atomic E-state index is 12.0. The number of halogens is 2. The lowest BCUT2D eigenvalue weighted by atomic mass is 10.2. The first-order valence-corrected chi connectivity index (χ1v) is 7.54. The van der Waals surface area contributed by atoms with Crippen molar-refractivity contribution in [3.8, 4) is 0 Å². The average Bonchev–Trinajstić information content (AvgIpc) is 2.89. The third kappa shape index (κ3) is 3.42. The zero-order valence-corrected chi connectivity index (χ0v) is 13.1. The molecule has 2 rings (SSSR count). The standard InChI is InChI=1S/C13H13Cl2N3OS/c1-2-8-5-17-11(20-8)6-18-13(19)7-3-9(14)12(15)10(16)4-7/h3-5H,2,6,16H2,1H3,(H,18,19). The Bertz CT molecular complexity index is 619. The van der Waals surface area contributed by atoms with Gasteiger partial charge in [-0.3, -0.25) is 4.79 Å². The van der Waals surface area contributed by atoms with E-state index in [2.05, 4.69) is 17.2 Å². The monoisotopic (exact) mass is 329 g/mol. The highest BCUT2D eigenvalue weighted by atomic mass is 35.5. The van der Waals surface area contributed by atoms with Gasteiger partial charge in [-0.1, -0.05) is 30.1 Å². The van der Waals surface area contributed by atoms with E-state index in [9.17, 15) is 4.79 Å². The van der Waals surface area contributed by atoms with Crippen LogP contribution in [0.15, 0.2) is 18.3 Å². The molecule has 7 heteroatoms. The van der Waals surface area contributed by atoms with Crippen LogP contribution in [-0.4, -0.2) is 10.9 Å². The molecule has 0 fully saturated rings. The van der Waals surface area contributed by atoms with Crippen molar-refractivity contribution in [2.24, 2.45) is 0 Å². The highest BCUT2D eigenvalue weighted by Gasteiger charge is 2.11. The number of aromatic nitrogens is 1. The first-order chi connectivity index (χ1) is 9.51. The lowest BCUT2D eigenvalue weighted by Crippen LogP contribution is -2.22. The highest BCUT2D eigenvalue weighted by Crippen LogP contribution is 2.29. The molecule has 0 unspecified atom stereocenters. The van der Waals surface area contributed by atoms with E-state index < -0.39 is 0 Å². The average molecular weight is 330 g/mol. The van der Waals surface area contributed by atoms with Gasteiger partial charge >= 0.3 is 0 Å². The van der Waals surface area contributed by atoms with E-state index in [0.717, 1.165) is 11.4 Å². The Hall–Kier alpha value is -1.30. The van der Waals surface area contributed by atoms with Crippen LogP contribution in [0.5, 0.6) is 0 Å². The van der Waals surface area contributed by atoms with E-state index in [4.69, 9.17) is 28.9 Å². The number of thiazole rings is 1. The number of hydrogen-bond donors (Lipinski definition) is 2. The predicted octanol–water partition coefficient (Wildman–Crippen LogP) is 3.52. The molecule has 1 aromatic carbocycles. The normalized spacial score (nSPS) is 10.6. The van der Waals surface area contributed by atoms with Crippen LogP contribution >= 0.6 is 34.5 Å². The van der Waals surface area contributed by atoms with Crippen molar-refractivity contribution >= 4 is 46.1 Å². The third-order valence-corrected chi connectivity index (χ3v) is 4.63. The molecule has 0 saturated heterocycles. The van der Waals surface area contributed by atoms with E-state index in [1.807, 2.05) is 6.20 Å². The predicted molar refractivity (Wildman–Crippen MR) is 83.5 cm³/mol. The number of aryl methyl sites for hydroxylation is 1. The maximum Gasteiger partial charge on any atom is 0.251 e. The summed E-state index contributed by atoms with van der Waals surface area (Å²) in [4.78, 5) is 17.4. The summed E-state index contributed by atoms with van der Waals surface area (Å²) in [5, 5.41) is 4.17.